The minimum atomic E-state index is 0.433. The molecule has 1 aromatic rings. The summed E-state index contributed by atoms with van der Waals surface area (Å²) in [7, 11) is 0. The fraction of sp³-hybridized carbons (Fsp3) is 0.733. The summed E-state index contributed by atoms with van der Waals surface area (Å²) in [5, 5.41) is 3.50. The summed E-state index contributed by atoms with van der Waals surface area (Å²) in [6.07, 6.45) is 5.53. The second kappa shape index (κ2) is 8.33. The van der Waals surface area contributed by atoms with E-state index in [1.807, 2.05) is 0 Å². The molecule has 3 nitrogen and oxygen atoms in total. The Morgan fingerprint density at radius 2 is 2.11 bits per heavy atom. The van der Waals surface area contributed by atoms with E-state index >= 15 is 0 Å². The van der Waals surface area contributed by atoms with E-state index in [2.05, 4.69) is 56.0 Å². The maximum absolute atomic E-state index is 5.60. The van der Waals surface area contributed by atoms with Crippen molar-refractivity contribution in [3.8, 4) is 0 Å². The molecule has 0 aliphatic carbocycles. The van der Waals surface area contributed by atoms with Crippen molar-refractivity contribution in [3.63, 3.8) is 0 Å². The first-order valence-electron chi connectivity index (χ1n) is 7.10. The van der Waals surface area contributed by atoms with Crippen molar-refractivity contribution < 1.29 is 4.74 Å². The number of ether oxygens (including phenoxy) is 1. The minimum Gasteiger partial charge on any atom is -0.379 e. The van der Waals surface area contributed by atoms with Crippen molar-refractivity contribution in [2.45, 2.75) is 46.7 Å². The molecule has 0 bridgehead atoms. The third-order valence-electron chi connectivity index (χ3n) is 2.92. The lowest BCUT2D eigenvalue weighted by atomic mass is 10.2. The van der Waals surface area contributed by atoms with Gasteiger partial charge < -0.3 is 14.6 Å². The first kappa shape index (κ1) is 15.3. The van der Waals surface area contributed by atoms with Gasteiger partial charge in [-0.3, -0.25) is 0 Å². The van der Waals surface area contributed by atoms with Gasteiger partial charge in [0.15, 0.2) is 0 Å². The average molecular weight is 252 g/mol. The predicted octanol–water partition coefficient (Wildman–Crippen LogP) is 3.22. The Bertz CT molecular complexity index is 320. The predicted molar refractivity (Wildman–Crippen MR) is 76.8 cm³/mol. The van der Waals surface area contributed by atoms with Crippen LogP contribution in [0.3, 0.4) is 0 Å². The van der Waals surface area contributed by atoms with Gasteiger partial charge in [0.2, 0.25) is 0 Å². The molecule has 104 valence electrons. The van der Waals surface area contributed by atoms with Gasteiger partial charge in [0.1, 0.15) is 0 Å². The summed E-state index contributed by atoms with van der Waals surface area (Å²) in [6.45, 7) is 12.4. The van der Waals surface area contributed by atoms with Gasteiger partial charge in [-0.1, -0.05) is 20.8 Å². The van der Waals surface area contributed by atoms with Crippen LogP contribution in [0.25, 0.3) is 0 Å². The van der Waals surface area contributed by atoms with Crippen LogP contribution in [0.1, 0.15) is 45.7 Å². The Labute approximate surface area is 112 Å². The second-order valence-corrected chi connectivity index (χ2v) is 5.33. The van der Waals surface area contributed by atoms with E-state index in [-0.39, 0.29) is 0 Å². The molecule has 0 aliphatic rings. The minimum absolute atomic E-state index is 0.433. The maximum atomic E-state index is 5.60. The Kier molecular flexibility index (Phi) is 7.06. The molecule has 3 heteroatoms. The quantitative estimate of drug-likeness (QED) is 0.683. The van der Waals surface area contributed by atoms with Gasteiger partial charge in [-0.25, -0.2) is 0 Å². The zero-order valence-electron chi connectivity index (χ0n) is 12.3. The first-order chi connectivity index (χ1) is 8.63. The topological polar surface area (TPSA) is 26.2 Å². The Morgan fingerprint density at radius 3 is 2.78 bits per heavy atom. The number of rotatable bonds is 9. The molecule has 1 atom stereocenters. The van der Waals surface area contributed by atoms with Gasteiger partial charge in [0.25, 0.3) is 0 Å². The van der Waals surface area contributed by atoms with Crippen molar-refractivity contribution >= 4 is 0 Å². The third kappa shape index (κ3) is 5.69. The van der Waals surface area contributed by atoms with Crippen LogP contribution in [0.2, 0.25) is 0 Å². The van der Waals surface area contributed by atoms with E-state index in [0.29, 0.717) is 12.0 Å². The Balaban J connectivity index is 2.29. The molecule has 1 heterocycles. The SMILES string of the molecule is CCCNC(C)c1ccn(CCOCC(C)C)c1. The lowest BCUT2D eigenvalue weighted by molar-refractivity contribution is 0.103. The molecule has 1 aromatic heterocycles. The van der Waals surface area contributed by atoms with Gasteiger partial charge >= 0.3 is 0 Å². The molecule has 1 unspecified atom stereocenters. The van der Waals surface area contributed by atoms with Crippen molar-refractivity contribution in [1.82, 2.24) is 9.88 Å². The molecule has 1 rings (SSSR count). The van der Waals surface area contributed by atoms with Crippen LogP contribution in [0, 0.1) is 5.92 Å². The molecule has 0 saturated heterocycles. The zero-order valence-corrected chi connectivity index (χ0v) is 12.3. The lowest BCUT2D eigenvalue weighted by Gasteiger charge is -2.11. The van der Waals surface area contributed by atoms with Crippen LogP contribution in [0.5, 0.6) is 0 Å². The third-order valence-corrected chi connectivity index (χ3v) is 2.92. The number of nitrogens with one attached hydrogen (secondary N) is 1. The molecule has 0 fully saturated rings. The van der Waals surface area contributed by atoms with E-state index in [1.54, 1.807) is 0 Å². The van der Waals surface area contributed by atoms with E-state index in [4.69, 9.17) is 4.74 Å². The number of aromatic nitrogens is 1. The molecule has 0 spiro atoms. The molecular formula is C15H28N2O. The van der Waals surface area contributed by atoms with Crippen molar-refractivity contribution in [2.75, 3.05) is 19.8 Å². The summed E-state index contributed by atoms with van der Waals surface area (Å²) < 4.78 is 7.81. The second-order valence-electron chi connectivity index (χ2n) is 5.33. The summed E-state index contributed by atoms with van der Waals surface area (Å²) >= 11 is 0. The van der Waals surface area contributed by atoms with Crippen LogP contribution < -0.4 is 5.32 Å². The highest BCUT2D eigenvalue weighted by Crippen LogP contribution is 2.12. The van der Waals surface area contributed by atoms with Gasteiger partial charge in [-0.05, 0) is 37.4 Å². The van der Waals surface area contributed by atoms with Crippen LogP contribution in [-0.4, -0.2) is 24.3 Å². The highest BCUT2D eigenvalue weighted by molar-refractivity contribution is 5.14. The van der Waals surface area contributed by atoms with E-state index < -0.39 is 0 Å². The standard InChI is InChI=1S/C15H28N2O/c1-5-7-16-14(4)15-6-8-17(11-15)9-10-18-12-13(2)3/h6,8,11,13-14,16H,5,7,9-10,12H2,1-4H3. The highest BCUT2D eigenvalue weighted by atomic mass is 16.5. The molecule has 1 N–H and O–H groups in total. The molecule has 0 saturated carbocycles. The Morgan fingerprint density at radius 1 is 1.33 bits per heavy atom. The van der Waals surface area contributed by atoms with Gasteiger partial charge in [-0.15, -0.1) is 0 Å². The summed E-state index contributed by atoms with van der Waals surface area (Å²) in [5.74, 6) is 0.614. The number of hydrogen-bond donors (Lipinski definition) is 1. The van der Waals surface area contributed by atoms with Gasteiger partial charge in [0, 0.05) is 31.6 Å². The van der Waals surface area contributed by atoms with Crippen LogP contribution in [-0.2, 0) is 11.3 Å². The van der Waals surface area contributed by atoms with Crippen molar-refractivity contribution in [2.24, 2.45) is 5.92 Å². The van der Waals surface area contributed by atoms with Crippen LogP contribution in [0.15, 0.2) is 18.5 Å². The molecule has 18 heavy (non-hydrogen) atoms. The monoisotopic (exact) mass is 252 g/mol. The lowest BCUT2D eigenvalue weighted by Crippen LogP contribution is -2.18. The zero-order chi connectivity index (χ0) is 13.4. The maximum Gasteiger partial charge on any atom is 0.0645 e. The smallest absolute Gasteiger partial charge is 0.0645 e. The summed E-state index contributed by atoms with van der Waals surface area (Å²) in [6, 6.07) is 2.62. The van der Waals surface area contributed by atoms with Crippen molar-refractivity contribution in [1.29, 1.82) is 0 Å². The summed E-state index contributed by atoms with van der Waals surface area (Å²) in [5.41, 5.74) is 1.35. The fourth-order valence-corrected chi connectivity index (χ4v) is 1.82. The molecular weight excluding hydrogens is 224 g/mol. The molecule has 0 aliphatic heterocycles. The first-order valence-corrected chi connectivity index (χ1v) is 7.10. The largest absolute Gasteiger partial charge is 0.379 e. The summed E-state index contributed by atoms with van der Waals surface area (Å²) in [4.78, 5) is 0. The number of nitrogens with zero attached hydrogens (tertiary/aromatic N) is 1. The van der Waals surface area contributed by atoms with Gasteiger partial charge in [-0.2, -0.15) is 0 Å². The normalized spacial score (nSPS) is 13.2. The van der Waals surface area contributed by atoms with E-state index in [1.165, 1.54) is 12.0 Å². The fourth-order valence-electron chi connectivity index (χ4n) is 1.82. The van der Waals surface area contributed by atoms with E-state index in [9.17, 15) is 0 Å². The van der Waals surface area contributed by atoms with Crippen LogP contribution in [0.4, 0.5) is 0 Å². The number of hydrogen-bond acceptors (Lipinski definition) is 2. The Hall–Kier alpha value is -0.800. The van der Waals surface area contributed by atoms with Crippen LogP contribution >= 0.6 is 0 Å². The van der Waals surface area contributed by atoms with E-state index in [0.717, 1.165) is 26.3 Å². The van der Waals surface area contributed by atoms with Gasteiger partial charge in [0.05, 0.1) is 6.61 Å². The highest BCUT2D eigenvalue weighted by Gasteiger charge is 2.05. The molecule has 0 amide bonds. The molecule has 0 radical (unpaired) electrons. The van der Waals surface area contributed by atoms with Crippen molar-refractivity contribution in [3.05, 3.63) is 24.0 Å². The molecule has 0 aromatic carbocycles. The average Bonchev–Trinajstić information content (AvgIpc) is 2.80.